The first-order valence-corrected chi connectivity index (χ1v) is 10.1. The molecule has 25 heavy (non-hydrogen) atoms. The zero-order valence-electron chi connectivity index (χ0n) is 14.9. The van der Waals surface area contributed by atoms with E-state index in [2.05, 4.69) is 32.0 Å². The zero-order chi connectivity index (χ0) is 17.5. The number of nitrogens with one attached hydrogen (secondary N) is 2. The van der Waals surface area contributed by atoms with Gasteiger partial charge in [0.15, 0.2) is 5.96 Å². The molecule has 0 saturated heterocycles. The van der Waals surface area contributed by atoms with Crippen LogP contribution in [0.3, 0.4) is 0 Å². The van der Waals surface area contributed by atoms with Gasteiger partial charge in [-0.3, -0.25) is 4.99 Å². The number of furan rings is 1. The highest BCUT2D eigenvalue weighted by Crippen LogP contribution is 2.12. The van der Waals surface area contributed by atoms with Crippen LogP contribution in [0.15, 0.2) is 27.8 Å². The molecule has 3 rings (SSSR count). The van der Waals surface area contributed by atoms with E-state index in [0.717, 1.165) is 68.0 Å². The van der Waals surface area contributed by atoms with Gasteiger partial charge in [0.25, 0.3) is 0 Å². The molecule has 1 aliphatic heterocycles. The third kappa shape index (κ3) is 5.26. The molecule has 0 aromatic carbocycles. The Hall–Kier alpha value is -1.96. The molecule has 1 atom stereocenters. The molecule has 0 amide bonds. The first-order valence-electron chi connectivity index (χ1n) is 8.71. The van der Waals surface area contributed by atoms with Gasteiger partial charge in [-0.25, -0.2) is 9.67 Å². The van der Waals surface area contributed by atoms with Crippen LogP contribution < -0.4 is 10.6 Å². The van der Waals surface area contributed by atoms with Crippen LogP contribution in [-0.2, 0) is 19.4 Å². The summed E-state index contributed by atoms with van der Waals surface area (Å²) in [6.45, 7) is 4.37. The number of aryl methyl sites for hydroxylation is 2. The van der Waals surface area contributed by atoms with Crippen LogP contribution in [0.2, 0.25) is 0 Å². The van der Waals surface area contributed by atoms with Crippen molar-refractivity contribution < 1.29 is 4.42 Å². The lowest BCUT2D eigenvalue weighted by molar-refractivity contribution is 0.392. The molecule has 2 aromatic heterocycles. The molecule has 1 unspecified atom stereocenters. The standard InChI is InChI=1S/C17H26N6OS/c1-13-20-16-6-5-14(12-23(16)22-13)21-17(19-9-11-25-2)18-8-7-15-4-3-10-24-15/h3-4,10,14H,5-9,11-12H2,1-2H3,(H2,18,19,21). The molecule has 0 bridgehead atoms. The molecule has 136 valence electrons. The van der Waals surface area contributed by atoms with Gasteiger partial charge < -0.3 is 15.1 Å². The van der Waals surface area contributed by atoms with Crippen molar-refractivity contribution in [1.29, 1.82) is 0 Å². The Balaban J connectivity index is 1.54. The Morgan fingerprint density at radius 1 is 1.52 bits per heavy atom. The summed E-state index contributed by atoms with van der Waals surface area (Å²) in [6.07, 6.45) is 6.64. The second kappa shape index (κ2) is 8.94. The van der Waals surface area contributed by atoms with Crippen LogP contribution in [0, 0.1) is 6.92 Å². The van der Waals surface area contributed by atoms with Gasteiger partial charge in [-0.15, -0.1) is 0 Å². The predicted molar refractivity (Wildman–Crippen MR) is 101 cm³/mol. The lowest BCUT2D eigenvalue weighted by Crippen LogP contribution is -2.47. The molecule has 2 N–H and O–H groups in total. The summed E-state index contributed by atoms with van der Waals surface area (Å²) in [5, 5.41) is 11.4. The van der Waals surface area contributed by atoms with Gasteiger partial charge in [0.1, 0.15) is 17.4 Å². The van der Waals surface area contributed by atoms with E-state index in [1.807, 2.05) is 23.7 Å². The Bertz CT molecular complexity index is 681. The van der Waals surface area contributed by atoms with Crippen LogP contribution >= 0.6 is 11.8 Å². The largest absolute Gasteiger partial charge is 0.469 e. The number of nitrogens with zero attached hydrogens (tertiary/aromatic N) is 4. The van der Waals surface area contributed by atoms with Crippen LogP contribution in [0.5, 0.6) is 0 Å². The van der Waals surface area contributed by atoms with Gasteiger partial charge >= 0.3 is 0 Å². The van der Waals surface area contributed by atoms with E-state index < -0.39 is 0 Å². The average Bonchev–Trinajstić information content (AvgIpc) is 3.23. The van der Waals surface area contributed by atoms with Crippen LogP contribution in [0.25, 0.3) is 0 Å². The summed E-state index contributed by atoms with van der Waals surface area (Å²) < 4.78 is 7.40. The van der Waals surface area contributed by atoms with Crippen molar-refractivity contribution in [1.82, 2.24) is 25.4 Å². The van der Waals surface area contributed by atoms with Crippen molar-refractivity contribution in [3.63, 3.8) is 0 Å². The molecule has 2 aromatic rings. The van der Waals surface area contributed by atoms with Crippen LogP contribution in [-0.4, -0.2) is 51.9 Å². The van der Waals surface area contributed by atoms with E-state index >= 15 is 0 Å². The maximum Gasteiger partial charge on any atom is 0.191 e. The number of thioether (sulfide) groups is 1. The molecule has 0 radical (unpaired) electrons. The van der Waals surface area contributed by atoms with Crippen LogP contribution in [0.4, 0.5) is 0 Å². The Labute approximate surface area is 152 Å². The molecular weight excluding hydrogens is 336 g/mol. The van der Waals surface area contributed by atoms with Gasteiger partial charge in [0, 0.05) is 31.2 Å². The summed E-state index contributed by atoms with van der Waals surface area (Å²) in [5.74, 6) is 4.80. The quantitative estimate of drug-likeness (QED) is 0.443. The van der Waals surface area contributed by atoms with E-state index in [9.17, 15) is 0 Å². The van der Waals surface area contributed by atoms with Crippen molar-refractivity contribution in [2.24, 2.45) is 4.99 Å². The van der Waals surface area contributed by atoms with Crippen molar-refractivity contribution in [3.8, 4) is 0 Å². The third-order valence-corrected chi connectivity index (χ3v) is 4.70. The van der Waals surface area contributed by atoms with E-state index in [1.165, 1.54) is 0 Å². The number of rotatable bonds is 7. The highest BCUT2D eigenvalue weighted by Gasteiger charge is 2.21. The number of aliphatic imine (C=N–C) groups is 1. The number of hydrogen-bond donors (Lipinski definition) is 2. The van der Waals surface area contributed by atoms with Gasteiger partial charge in [-0.05, 0) is 31.7 Å². The molecule has 7 nitrogen and oxygen atoms in total. The van der Waals surface area contributed by atoms with E-state index in [-0.39, 0.29) is 0 Å². The fraction of sp³-hybridized carbons (Fsp3) is 0.588. The normalized spacial score (nSPS) is 17.4. The fourth-order valence-electron chi connectivity index (χ4n) is 2.91. The molecule has 0 fully saturated rings. The van der Waals surface area contributed by atoms with Crippen molar-refractivity contribution in [2.75, 3.05) is 25.1 Å². The minimum atomic E-state index is 0.317. The number of aromatic nitrogens is 3. The highest BCUT2D eigenvalue weighted by molar-refractivity contribution is 7.98. The topological polar surface area (TPSA) is 80.3 Å². The number of fused-ring (bicyclic) bond motifs is 1. The zero-order valence-corrected chi connectivity index (χ0v) is 15.7. The second-order valence-corrected chi connectivity index (χ2v) is 7.10. The van der Waals surface area contributed by atoms with Crippen molar-refractivity contribution in [2.45, 2.75) is 38.8 Å². The molecule has 3 heterocycles. The summed E-state index contributed by atoms with van der Waals surface area (Å²) in [7, 11) is 0. The van der Waals surface area contributed by atoms with E-state index in [4.69, 9.17) is 4.42 Å². The van der Waals surface area contributed by atoms with E-state index in [1.54, 1.807) is 18.0 Å². The van der Waals surface area contributed by atoms with Crippen molar-refractivity contribution in [3.05, 3.63) is 35.8 Å². The first kappa shape index (κ1) is 17.8. The Morgan fingerprint density at radius 2 is 2.44 bits per heavy atom. The van der Waals surface area contributed by atoms with Crippen LogP contribution in [0.1, 0.15) is 23.8 Å². The SMILES string of the molecule is CSCCN=C(NCCc1ccco1)NC1CCc2nc(C)nn2C1. The fourth-order valence-corrected chi connectivity index (χ4v) is 3.18. The third-order valence-electron chi connectivity index (χ3n) is 4.11. The molecule has 1 aliphatic rings. The van der Waals surface area contributed by atoms with E-state index in [0.29, 0.717) is 6.04 Å². The monoisotopic (exact) mass is 362 g/mol. The maximum absolute atomic E-state index is 5.38. The number of guanidine groups is 1. The summed E-state index contributed by atoms with van der Waals surface area (Å²) >= 11 is 1.80. The van der Waals surface area contributed by atoms with Gasteiger partial charge in [0.2, 0.25) is 0 Å². The molecule has 0 saturated carbocycles. The maximum atomic E-state index is 5.38. The van der Waals surface area contributed by atoms with Gasteiger partial charge in [-0.1, -0.05) is 0 Å². The average molecular weight is 363 g/mol. The van der Waals surface area contributed by atoms with Gasteiger partial charge in [0.05, 0.1) is 19.4 Å². The lowest BCUT2D eigenvalue weighted by Gasteiger charge is -2.25. The molecular formula is C17H26N6OS. The second-order valence-electron chi connectivity index (χ2n) is 6.12. The van der Waals surface area contributed by atoms with Gasteiger partial charge in [-0.2, -0.15) is 16.9 Å². The lowest BCUT2D eigenvalue weighted by atomic mass is 10.1. The summed E-state index contributed by atoms with van der Waals surface area (Å²) in [5.41, 5.74) is 0. The first-order chi connectivity index (χ1) is 12.2. The number of hydrogen-bond acceptors (Lipinski definition) is 5. The minimum Gasteiger partial charge on any atom is -0.469 e. The Morgan fingerprint density at radius 3 is 3.24 bits per heavy atom. The molecule has 8 heteroatoms. The smallest absolute Gasteiger partial charge is 0.191 e. The molecule has 0 aliphatic carbocycles. The summed E-state index contributed by atoms with van der Waals surface area (Å²) in [4.78, 5) is 9.15. The predicted octanol–water partition coefficient (Wildman–Crippen LogP) is 1.64. The minimum absolute atomic E-state index is 0.317. The molecule has 0 spiro atoms. The van der Waals surface area contributed by atoms with Crippen molar-refractivity contribution >= 4 is 17.7 Å². The highest BCUT2D eigenvalue weighted by atomic mass is 32.2. The Kier molecular flexibility index (Phi) is 6.38. The summed E-state index contributed by atoms with van der Waals surface area (Å²) in [6, 6.07) is 4.23.